The Morgan fingerprint density at radius 1 is 0.971 bits per heavy atom. The maximum Gasteiger partial charge on any atom is 0.306 e. The van der Waals surface area contributed by atoms with Crippen molar-refractivity contribution in [3.05, 3.63) is 77.0 Å². The van der Waals surface area contributed by atoms with E-state index < -0.39 is 0 Å². The molecule has 0 atom stereocenters. The molecule has 0 unspecified atom stereocenters. The molecule has 0 radical (unpaired) electrons. The number of H-pyrrole nitrogens is 1. The number of fused-ring (bicyclic) bond motifs is 1. The predicted octanol–water partition coefficient (Wildman–Crippen LogP) is 7.34. The number of aryl methyl sites for hydroxylation is 1. The van der Waals surface area contributed by atoms with Gasteiger partial charge in [-0.25, -0.2) is 0 Å². The molecule has 1 heterocycles. The minimum atomic E-state index is -0.243. The van der Waals surface area contributed by atoms with Crippen LogP contribution in [0, 0.1) is 0 Å². The van der Waals surface area contributed by atoms with Gasteiger partial charge in [-0.3, -0.25) is 9.59 Å². The fourth-order valence-electron chi connectivity index (χ4n) is 4.19. The SMILES string of the molecule is CCCCCC/C=C(\C)C(=O)c1c(CCCC(=O)OCc2ccc(OC)cc2)[nH]c2ccccc12. The number of nitrogens with one attached hydrogen (secondary N) is 1. The molecule has 1 aromatic heterocycles. The molecule has 0 spiro atoms. The number of aromatic amines is 1. The molecule has 0 bridgehead atoms. The molecule has 0 saturated heterocycles. The molecule has 0 aliphatic heterocycles. The van der Waals surface area contributed by atoms with Crippen molar-refractivity contribution in [2.45, 2.75) is 71.8 Å². The summed E-state index contributed by atoms with van der Waals surface area (Å²) in [6, 6.07) is 15.4. The number of benzene rings is 2. The number of hydrogen-bond acceptors (Lipinski definition) is 4. The quantitative estimate of drug-likeness (QED) is 0.115. The standard InChI is InChI=1S/C30H37NO4/c1-4-5-6-7-8-12-22(2)30(33)29-25-13-9-10-14-26(25)31-27(29)15-11-16-28(32)35-21-23-17-19-24(34-3)20-18-23/h9-10,12-14,17-20,31H,4-8,11,15-16,21H2,1-3H3/b22-12+. The Balaban J connectivity index is 1.60. The predicted molar refractivity (Wildman–Crippen MR) is 141 cm³/mol. The topological polar surface area (TPSA) is 68.4 Å². The van der Waals surface area contributed by atoms with Crippen LogP contribution in [-0.4, -0.2) is 23.8 Å². The van der Waals surface area contributed by atoms with Crippen LogP contribution in [0.15, 0.2) is 60.2 Å². The second kappa shape index (κ2) is 13.5. The number of ether oxygens (including phenoxy) is 2. The molecule has 5 heteroatoms. The lowest BCUT2D eigenvalue weighted by molar-refractivity contribution is -0.145. The molecule has 0 fully saturated rings. The second-order valence-corrected chi connectivity index (χ2v) is 8.95. The molecule has 186 valence electrons. The van der Waals surface area contributed by atoms with Crippen LogP contribution in [0.25, 0.3) is 10.9 Å². The normalized spacial score (nSPS) is 11.6. The first-order valence-corrected chi connectivity index (χ1v) is 12.6. The number of carbonyl (C=O) groups is 2. The Kier molecular flexibility index (Phi) is 10.1. The minimum absolute atomic E-state index is 0.0648. The van der Waals surface area contributed by atoms with Gasteiger partial charge < -0.3 is 14.5 Å². The largest absolute Gasteiger partial charge is 0.497 e. The smallest absolute Gasteiger partial charge is 0.306 e. The van der Waals surface area contributed by atoms with E-state index in [4.69, 9.17) is 9.47 Å². The molecule has 1 N–H and O–H groups in total. The molecule has 0 amide bonds. The van der Waals surface area contributed by atoms with Crippen molar-refractivity contribution in [1.29, 1.82) is 0 Å². The van der Waals surface area contributed by atoms with Crippen molar-refractivity contribution in [2.75, 3.05) is 7.11 Å². The average Bonchev–Trinajstić information content (AvgIpc) is 3.25. The van der Waals surface area contributed by atoms with E-state index in [0.29, 0.717) is 19.3 Å². The van der Waals surface area contributed by atoms with E-state index in [1.165, 1.54) is 19.3 Å². The summed E-state index contributed by atoms with van der Waals surface area (Å²) in [5.74, 6) is 0.591. The van der Waals surface area contributed by atoms with Gasteiger partial charge in [-0.2, -0.15) is 0 Å². The molecule has 2 aromatic carbocycles. The summed E-state index contributed by atoms with van der Waals surface area (Å²) in [4.78, 5) is 29.1. The van der Waals surface area contributed by atoms with Crippen LogP contribution in [0.2, 0.25) is 0 Å². The third-order valence-corrected chi connectivity index (χ3v) is 6.24. The van der Waals surface area contributed by atoms with Gasteiger partial charge in [-0.05, 0) is 61.9 Å². The van der Waals surface area contributed by atoms with Crippen molar-refractivity contribution < 1.29 is 19.1 Å². The maximum atomic E-state index is 13.4. The van der Waals surface area contributed by atoms with E-state index in [-0.39, 0.29) is 18.4 Å². The van der Waals surface area contributed by atoms with Crippen molar-refractivity contribution in [2.24, 2.45) is 0 Å². The minimum Gasteiger partial charge on any atom is -0.497 e. The molecule has 35 heavy (non-hydrogen) atoms. The van der Waals surface area contributed by atoms with E-state index in [0.717, 1.165) is 51.9 Å². The summed E-state index contributed by atoms with van der Waals surface area (Å²) in [6.07, 6.45) is 9.25. The lowest BCUT2D eigenvalue weighted by Gasteiger charge is -2.07. The molecule has 0 aliphatic rings. The third kappa shape index (κ3) is 7.57. The van der Waals surface area contributed by atoms with Crippen molar-refractivity contribution in [3.8, 4) is 5.75 Å². The van der Waals surface area contributed by atoms with E-state index >= 15 is 0 Å². The van der Waals surface area contributed by atoms with Crippen LogP contribution in [0.5, 0.6) is 5.75 Å². The third-order valence-electron chi connectivity index (χ3n) is 6.24. The van der Waals surface area contributed by atoms with Gasteiger partial charge in [0.05, 0.1) is 12.7 Å². The van der Waals surface area contributed by atoms with Crippen LogP contribution in [0.1, 0.15) is 80.4 Å². The lowest BCUT2D eigenvalue weighted by Crippen LogP contribution is -2.07. The highest BCUT2D eigenvalue weighted by atomic mass is 16.5. The van der Waals surface area contributed by atoms with Gasteiger partial charge in [-0.1, -0.05) is 62.6 Å². The molecule has 0 aliphatic carbocycles. The van der Waals surface area contributed by atoms with Crippen molar-refractivity contribution in [3.63, 3.8) is 0 Å². The zero-order chi connectivity index (χ0) is 25.0. The van der Waals surface area contributed by atoms with E-state index in [1.54, 1.807) is 7.11 Å². The van der Waals surface area contributed by atoms with Crippen LogP contribution in [-0.2, 0) is 22.6 Å². The lowest BCUT2D eigenvalue weighted by atomic mass is 9.98. The fraction of sp³-hybridized carbons (Fsp3) is 0.400. The fourth-order valence-corrected chi connectivity index (χ4v) is 4.19. The molecular weight excluding hydrogens is 438 g/mol. The number of unbranched alkanes of at least 4 members (excludes halogenated alkanes) is 4. The van der Waals surface area contributed by atoms with Gasteiger partial charge in [0.2, 0.25) is 0 Å². The van der Waals surface area contributed by atoms with Crippen LogP contribution < -0.4 is 4.74 Å². The summed E-state index contributed by atoms with van der Waals surface area (Å²) in [6.45, 7) is 4.34. The zero-order valence-corrected chi connectivity index (χ0v) is 21.2. The van der Waals surface area contributed by atoms with Gasteiger partial charge in [0.1, 0.15) is 12.4 Å². The van der Waals surface area contributed by atoms with Gasteiger partial charge in [-0.15, -0.1) is 0 Å². The van der Waals surface area contributed by atoms with Gasteiger partial charge >= 0.3 is 5.97 Å². The number of ketones is 1. The first-order chi connectivity index (χ1) is 17.0. The number of esters is 1. The Morgan fingerprint density at radius 2 is 1.74 bits per heavy atom. The number of hydrogen-bond donors (Lipinski definition) is 1. The second-order valence-electron chi connectivity index (χ2n) is 8.95. The molecule has 3 rings (SSSR count). The number of Topliss-reactive ketones (excluding diaryl/α,β-unsaturated/α-hetero) is 1. The number of methoxy groups -OCH3 is 1. The van der Waals surface area contributed by atoms with Gasteiger partial charge in [0.25, 0.3) is 0 Å². The summed E-state index contributed by atoms with van der Waals surface area (Å²) < 4.78 is 10.6. The average molecular weight is 476 g/mol. The zero-order valence-electron chi connectivity index (χ0n) is 21.2. The molecular formula is C30H37NO4. The Labute approximate surface area is 208 Å². The van der Waals surface area contributed by atoms with Crippen molar-refractivity contribution >= 4 is 22.7 Å². The van der Waals surface area contributed by atoms with E-state index in [9.17, 15) is 9.59 Å². The Hall–Kier alpha value is -3.34. The molecule has 0 saturated carbocycles. The molecule has 5 nitrogen and oxygen atoms in total. The summed E-state index contributed by atoms with van der Waals surface area (Å²) in [5.41, 5.74) is 4.27. The molecule has 3 aromatic rings. The first-order valence-electron chi connectivity index (χ1n) is 12.6. The Bertz CT molecular complexity index is 1140. The number of allylic oxidation sites excluding steroid dienone is 2. The summed E-state index contributed by atoms with van der Waals surface area (Å²) in [5, 5.41) is 0.938. The monoisotopic (exact) mass is 475 g/mol. The highest BCUT2D eigenvalue weighted by molar-refractivity contribution is 6.17. The number of carbonyl (C=O) groups excluding carboxylic acids is 2. The Morgan fingerprint density at radius 3 is 2.49 bits per heavy atom. The highest BCUT2D eigenvalue weighted by Gasteiger charge is 2.19. The van der Waals surface area contributed by atoms with Crippen LogP contribution in [0.3, 0.4) is 0 Å². The van der Waals surface area contributed by atoms with Gasteiger partial charge in [0.15, 0.2) is 5.78 Å². The number of aromatic nitrogens is 1. The number of rotatable bonds is 14. The van der Waals surface area contributed by atoms with E-state index in [1.807, 2.05) is 55.5 Å². The maximum absolute atomic E-state index is 13.4. The summed E-state index contributed by atoms with van der Waals surface area (Å²) >= 11 is 0. The van der Waals surface area contributed by atoms with Crippen LogP contribution in [0.4, 0.5) is 0 Å². The van der Waals surface area contributed by atoms with E-state index in [2.05, 4.69) is 18.0 Å². The van der Waals surface area contributed by atoms with Crippen molar-refractivity contribution in [1.82, 2.24) is 4.98 Å². The van der Waals surface area contributed by atoms with Gasteiger partial charge in [0, 0.05) is 23.0 Å². The number of para-hydroxylation sites is 1. The van der Waals surface area contributed by atoms with Crippen LogP contribution >= 0.6 is 0 Å². The highest BCUT2D eigenvalue weighted by Crippen LogP contribution is 2.26. The summed E-state index contributed by atoms with van der Waals surface area (Å²) in [7, 11) is 1.62. The first kappa shape index (κ1) is 26.3.